The summed E-state index contributed by atoms with van der Waals surface area (Å²) < 4.78 is 15.2. The number of benzene rings is 1. The van der Waals surface area contributed by atoms with E-state index in [1.54, 1.807) is 4.90 Å². The van der Waals surface area contributed by atoms with Crippen molar-refractivity contribution in [3.05, 3.63) is 41.1 Å². The zero-order valence-electron chi connectivity index (χ0n) is 17.6. The Kier molecular flexibility index (Phi) is 4.73. The molecule has 31 heavy (non-hydrogen) atoms. The molecular weight excluding hydrogens is 401 g/mol. The smallest absolute Gasteiger partial charge is 0.335 e. The van der Waals surface area contributed by atoms with E-state index in [4.69, 9.17) is 10.1 Å². The molecule has 0 atom stereocenters. The van der Waals surface area contributed by atoms with Crippen LogP contribution in [0, 0.1) is 5.82 Å². The number of anilines is 1. The molecule has 4 aliphatic rings. The van der Waals surface area contributed by atoms with Crippen molar-refractivity contribution in [2.45, 2.75) is 38.1 Å². The third-order valence-corrected chi connectivity index (χ3v) is 6.98. The number of guanidine groups is 1. The summed E-state index contributed by atoms with van der Waals surface area (Å²) in [6, 6.07) is 4.23. The van der Waals surface area contributed by atoms with Crippen molar-refractivity contribution in [3.63, 3.8) is 0 Å². The van der Waals surface area contributed by atoms with E-state index in [0.717, 1.165) is 43.5 Å². The van der Waals surface area contributed by atoms with Gasteiger partial charge < -0.3 is 14.9 Å². The Morgan fingerprint density at radius 1 is 1.29 bits per heavy atom. The minimum atomic E-state index is -1.16. The Balaban J connectivity index is 1.53. The number of quaternary nitrogens is 1. The van der Waals surface area contributed by atoms with E-state index >= 15 is 0 Å². The summed E-state index contributed by atoms with van der Waals surface area (Å²) in [5.41, 5.74) is 1.06. The van der Waals surface area contributed by atoms with Crippen molar-refractivity contribution in [3.8, 4) is 0 Å². The molecule has 9 heteroatoms. The summed E-state index contributed by atoms with van der Waals surface area (Å²) in [5.74, 6) is -0.200. The van der Waals surface area contributed by atoms with E-state index in [9.17, 15) is 14.0 Å². The van der Waals surface area contributed by atoms with Crippen LogP contribution in [-0.4, -0.2) is 76.5 Å². The molecule has 0 aromatic heterocycles. The van der Waals surface area contributed by atoms with Crippen LogP contribution >= 0.6 is 0 Å². The zero-order valence-corrected chi connectivity index (χ0v) is 17.6. The number of carboxylic acid groups (broad SMARTS) is 1. The lowest BCUT2D eigenvalue weighted by atomic mass is 10.2. The second-order valence-electron chi connectivity index (χ2n) is 8.92. The third-order valence-electron chi connectivity index (χ3n) is 6.98. The monoisotopic (exact) mass is 428 g/mol. The van der Waals surface area contributed by atoms with Gasteiger partial charge in [-0.2, -0.15) is 4.99 Å². The molecule has 5 rings (SSSR count). The fraction of sp³-hybridized carbons (Fsp3) is 0.500. The van der Waals surface area contributed by atoms with Crippen LogP contribution in [0.4, 0.5) is 10.1 Å². The third kappa shape index (κ3) is 3.46. The molecule has 164 valence electrons. The summed E-state index contributed by atoms with van der Waals surface area (Å²) in [4.78, 5) is 32.8. The Morgan fingerprint density at radius 2 is 2.03 bits per heavy atom. The molecule has 1 aromatic carbocycles. The molecule has 3 heterocycles. The van der Waals surface area contributed by atoms with Crippen molar-refractivity contribution >= 4 is 23.5 Å². The zero-order chi connectivity index (χ0) is 21.8. The van der Waals surface area contributed by atoms with E-state index in [0.29, 0.717) is 36.0 Å². The molecule has 1 aliphatic carbocycles. The number of nitrogens with one attached hydrogen (secondary N) is 1. The normalized spacial score (nSPS) is 23.0. The molecule has 1 spiro atoms. The summed E-state index contributed by atoms with van der Waals surface area (Å²) in [6.07, 6.45) is 5.02. The second-order valence-corrected chi connectivity index (χ2v) is 8.92. The van der Waals surface area contributed by atoms with Gasteiger partial charge in [0, 0.05) is 26.1 Å². The van der Waals surface area contributed by atoms with Crippen molar-refractivity contribution in [1.82, 2.24) is 9.80 Å². The molecule has 1 saturated heterocycles. The van der Waals surface area contributed by atoms with Gasteiger partial charge in [0.05, 0.1) is 11.3 Å². The molecule has 8 nitrogen and oxygen atoms in total. The molecule has 1 amide bonds. The van der Waals surface area contributed by atoms with Gasteiger partial charge in [-0.3, -0.25) is 10.1 Å². The van der Waals surface area contributed by atoms with E-state index in [1.807, 2.05) is 7.05 Å². The highest BCUT2D eigenvalue weighted by molar-refractivity contribution is 5.93. The van der Waals surface area contributed by atoms with E-state index in [1.165, 1.54) is 25.0 Å². The first kappa shape index (κ1) is 20.0. The Morgan fingerprint density at radius 3 is 2.68 bits per heavy atom. The van der Waals surface area contributed by atoms with Gasteiger partial charge in [-0.15, -0.1) is 0 Å². The van der Waals surface area contributed by atoms with Gasteiger partial charge >= 0.3 is 11.9 Å². The number of carbonyl (C=O) groups excluding carboxylic acids is 1. The minimum absolute atomic E-state index is 0.0921. The van der Waals surface area contributed by atoms with Crippen LogP contribution in [0.25, 0.3) is 0 Å². The van der Waals surface area contributed by atoms with Crippen molar-refractivity contribution in [1.29, 1.82) is 0 Å². The molecule has 0 bridgehead atoms. The highest BCUT2D eigenvalue weighted by atomic mass is 19.1. The van der Waals surface area contributed by atoms with Gasteiger partial charge in [0.1, 0.15) is 31.1 Å². The molecular formula is C22H27FN5O3+. The van der Waals surface area contributed by atoms with E-state index < -0.39 is 11.8 Å². The van der Waals surface area contributed by atoms with Crippen LogP contribution in [-0.2, 0) is 4.79 Å². The summed E-state index contributed by atoms with van der Waals surface area (Å²) in [5, 5.41) is 12.2. The lowest BCUT2D eigenvalue weighted by Crippen LogP contribution is -2.48. The number of carbonyl (C=O) groups is 2. The fourth-order valence-corrected chi connectivity index (χ4v) is 4.91. The maximum Gasteiger partial charge on any atom is 0.335 e. The van der Waals surface area contributed by atoms with E-state index in [2.05, 4.69) is 10.2 Å². The number of rotatable bonds is 3. The molecule has 1 aromatic rings. The first-order chi connectivity index (χ1) is 14.9. The minimum Gasteiger partial charge on any atom is -0.478 e. The SMILES string of the molecule is CN1C(=O)CCN(C2CCCC2)C2=C1C[N+]1(CC1)C(Nc1ccc(C(=O)O)cc1F)=N2. The summed E-state index contributed by atoms with van der Waals surface area (Å²) in [6.45, 7) is 3.01. The van der Waals surface area contributed by atoms with Crippen LogP contribution in [0.1, 0.15) is 42.5 Å². The lowest BCUT2D eigenvalue weighted by molar-refractivity contribution is -0.696. The summed E-state index contributed by atoms with van der Waals surface area (Å²) in [7, 11) is 1.83. The highest BCUT2D eigenvalue weighted by Crippen LogP contribution is 2.38. The van der Waals surface area contributed by atoms with Crippen LogP contribution < -0.4 is 5.32 Å². The second kappa shape index (κ2) is 7.33. The average molecular weight is 428 g/mol. The van der Waals surface area contributed by atoms with Crippen LogP contribution in [0.2, 0.25) is 0 Å². The number of amides is 1. The molecule has 0 unspecified atom stereocenters. The standard InChI is InChI=1S/C22H26FN5O3/c1-26-18-13-28(10-11-28)22(24-17-7-6-14(21(30)31)12-16(17)23)25-20(18)27(9-8-19(26)29)15-4-2-3-5-15/h6-7,12,15H,2-5,8-11,13H2,1H3,(H-,24,25,30,31)/p+1. The molecule has 2 fully saturated rings. The van der Waals surface area contributed by atoms with Crippen LogP contribution in [0.5, 0.6) is 0 Å². The fourth-order valence-electron chi connectivity index (χ4n) is 4.91. The van der Waals surface area contributed by atoms with Crippen molar-refractivity contribution < 1.29 is 23.6 Å². The van der Waals surface area contributed by atoms with E-state index in [-0.39, 0.29) is 17.2 Å². The Hall–Kier alpha value is -2.94. The number of hydrogen-bond donors (Lipinski definition) is 2. The van der Waals surface area contributed by atoms with Gasteiger partial charge in [0.25, 0.3) is 0 Å². The number of aromatic carboxylic acids is 1. The van der Waals surface area contributed by atoms with Gasteiger partial charge in [-0.1, -0.05) is 12.8 Å². The number of hydrogen-bond acceptors (Lipinski definition) is 5. The van der Waals surface area contributed by atoms with Crippen LogP contribution in [0.15, 0.2) is 34.7 Å². The first-order valence-electron chi connectivity index (χ1n) is 10.9. The largest absolute Gasteiger partial charge is 0.478 e. The predicted molar refractivity (Wildman–Crippen MR) is 113 cm³/mol. The quantitative estimate of drug-likeness (QED) is 0.571. The number of nitrogens with zero attached hydrogens (tertiary/aromatic N) is 4. The molecule has 0 radical (unpaired) electrons. The highest BCUT2D eigenvalue weighted by Gasteiger charge is 2.53. The summed E-state index contributed by atoms with van der Waals surface area (Å²) >= 11 is 0. The Labute approximate surface area is 180 Å². The van der Waals surface area contributed by atoms with Gasteiger partial charge in [-0.25, -0.2) is 13.7 Å². The lowest BCUT2D eigenvalue weighted by Gasteiger charge is -2.35. The number of likely N-dealkylation sites (N-methyl/N-ethyl adjacent to an activating group) is 1. The predicted octanol–water partition coefficient (Wildman–Crippen LogP) is 2.41. The van der Waals surface area contributed by atoms with Gasteiger partial charge in [0.2, 0.25) is 5.91 Å². The van der Waals surface area contributed by atoms with Gasteiger partial charge in [0.15, 0.2) is 5.82 Å². The average Bonchev–Trinajstić information content (AvgIpc) is 3.33. The number of aliphatic imine (C=N–C) groups is 1. The first-order valence-corrected chi connectivity index (χ1v) is 10.9. The van der Waals surface area contributed by atoms with Crippen LogP contribution in [0.3, 0.4) is 0 Å². The number of carboxylic acids is 1. The van der Waals surface area contributed by atoms with Crippen molar-refractivity contribution in [2.24, 2.45) is 4.99 Å². The Bertz CT molecular complexity index is 1010. The number of halogens is 1. The maximum atomic E-state index is 14.6. The van der Waals surface area contributed by atoms with Crippen molar-refractivity contribution in [2.75, 3.05) is 38.5 Å². The maximum absolute atomic E-state index is 14.6. The molecule has 2 N–H and O–H groups in total. The molecule has 3 aliphatic heterocycles. The topological polar surface area (TPSA) is 85.2 Å². The van der Waals surface area contributed by atoms with Gasteiger partial charge in [-0.05, 0) is 31.0 Å². The molecule has 1 saturated carbocycles.